The summed E-state index contributed by atoms with van der Waals surface area (Å²) in [6, 6.07) is 12.3. The Hall–Kier alpha value is -1.58. The molecule has 3 N–H and O–H groups in total. The Kier molecular flexibility index (Phi) is 4.58. The lowest BCUT2D eigenvalue weighted by atomic mass is 9.76. The normalized spacial score (nSPS) is 20.7. The second-order valence-electron chi connectivity index (χ2n) is 8.28. The molecule has 2 aromatic rings. The second kappa shape index (κ2) is 6.38. The van der Waals surface area contributed by atoms with Crippen molar-refractivity contribution < 1.29 is 9.84 Å². The molecule has 3 heteroatoms. The molecule has 24 heavy (non-hydrogen) atoms. The molecule has 1 saturated carbocycles. The number of nitrogens with two attached hydrogens (primary N) is 1. The van der Waals surface area contributed by atoms with Gasteiger partial charge in [0.15, 0.2) is 0 Å². The van der Waals surface area contributed by atoms with Crippen LogP contribution in [0.15, 0.2) is 36.4 Å². The highest BCUT2D eigenvalue weighted by Crippen LogP contribution is 2.37. The molecule has 1 aliphatic rings. The average Bonchev–Trinajstić information content (AvgIpc) is 2.56. The van der Waals surface area contributed by atoms with Gasteiger partial charge >= 0.3 is 0 Å². The molecule has 0 saturated heterocycles. The minimum atomic E-state index is -0.710. The SMILES string of the molecule is CC1(C)CCC(Oc2ccc3cc([C@@](C)(N)CO)ccc3c2)CC1. The van der Waals surface area contributed by atoms with Gasteiger partial charge in [-0.25, -0.2) is 0 Å². The Morgan fingerprint density at radius 2 is 1.75 bits per heavy atom. The first-order chi connectivity index (χ1) is 11.3. The zero-order chi connectivity index (χ0) is 17.4. The van der Waals surface area contributed by atoms with Crippen LogP contribution >= 0.6 is 0 Å². The molecular weight excluding hydrogens is 298 g/mol. The zero-order valence-electron chi connectivity index (χ0n) is 15.0. The second-order valence-corrected chi connectivity index (χ2v) is 8.28. The van der Waals surface area contributed by atoms with Gasteiger partial charge in [-0.15, -0.1) is 0 Å². The van der Waals surface area contributed by atoms with E-state index in [0.717, 1.165) is 34.9 Å². The first-order valence-electron chi connectivity index (χ1n) is 8.90. The van der Waals surface area contributed by atoms with Crippen molar-refractivity contribution in [1.29, 1.82) is 0 Å². The predicted molar refractivity (Wildman–Crippen MR) is 99.2 cm³/mol. The van der Waals surface area contributed by atoms with Gasteiger partial charge in [0.05, 0.1) is 18.2 Å². The fraction of sp³-hybridized carbons (Fsp3) is 0.524. The molecule has 0 aliphatic heterocycles. The predicted octanol–water partition coefficient (Wildman–Crippen LogP) is 4.35. The van der Waals surface area contributed by atoms with Crippen LogP contribution in [0.1, 0.15) is 52.0 Å². The Bertz CT molecular complexity index is 711. The van der Waals surface area contributed by atoms with Gasteiger partial charge in [-0.3, -0.25) is 0 Å². The van der Waals surface area contributed by atoms with E-state index in [2.05, 4.69) is 38.1 Å². The molecule has 0 spiro atoms. The fourth-order valence-electron chi connectivity index (χ4n) is 3.43. The van der Waals surface area contributed by atoms with Crippen LogP contribution in [-0.2, 0) is 5.54 Å². The van der Waals surface area contributed by atoms with E-state index < -0.39 is 5.54 Å². The molecule has 0 unspecified atom stereocenters. The summed E-state index contributed by atoms with van der Waals surface area (Å²) in [7, 11) is 0. The maximum Gasteiger partial charge on any atom is 0.120 e. The van der Waals surface area contributed by atoms with Gasteiger partial charge in [-0.1, -0.05) is 32.0 Å². The lowest BCUT2D eigenvalue weighted by Gasteiger charge is -2.34. The van der Waals surface area contributed by atoms with E-state index >= 15 is 0 Å². The molecule has 1 fully saturated rings. The zero-order valence-corrected chi connectivity index (χ0v) is 15.0. The molecule has 1 aliphatic carbocycles. The van der Waals surface area contributed by atoms with Crippen molar-refractivity contribution in [2.75, 3.05) is 6.61 Å². The standard InChI is InChI=1S/C21H29NO2/c1-20(2)10-8-18(9-11-20)24-19-7-5-15-12-17(21(3,22)14-23)6-4-16(15)13-19/h4-7,12-13,18,23H,8-11,14,22H2,1-3H3/t21-/m0/s1. The molecule has 2 aromatic carbocycles. The van der Waals surface area contributed by atoms with Gasteiger partial charge in [0.2, 0.25) is 0 Å². The molecule has 0 bridgehead atoms. The molecule has 3 rings (SSSR count). The number of hydrogen-bond donors (Lipinski definition) is 2. The van der Waals surface area contributed by atoms with Crippen LogP contribution in [0, 0.1) is 5.41 Å². The number of aliphatic hydroxyl groups is 1. The summed E-state index contributed by atoms with van der Waals surface area (Å²) in [5, 5.41) is 11.7. The third kappa shape index (κ3) is 3.73. The molecule has 130 valence electrons. The topological polar surface area (TPSA) is 55.5 Å². The van der Waals surface area contributed by atoms with E-state index in [1.165, 1.54) is 12.8 Å². The lowest BCUT2D eigenvalue weighted by molar-refractivity contribution is 0.0989. The van der Waals surface area contributed by atoms with Gasteiger partial charge in [0.25, 0.3) is 0 Å². The molecule has 0 amide bonds. The fourth-order valence-corrected chi connectivity index (χ4v) is 3.43. The van der Waals surface area contributed by atoms with Crippen molar-refractivity contribution in [2.45, 2.75) is 58.1 Å². The summed E-state index contributed by atoms with van der Waals surface area (Å²) in [5.74, 6) is 0.942. The van der Waals surface area contributed by atoms with Gasteiger partial charge in [0.1, 0.15) is 5.75 Å². The molecular formula is C21H29NO2. The number of benzene rings is 2. The summed E-state index contributed by atoms with van der Waals surface area (Å²) in [5.41, 5.74) is 6.82. The summed E-state index contributed by atoms with van der Waals surface area (Å²) in [6.45, 7) is 6.46. The lowest BCUT2D eigenvalue weighted by Crippen LogP contribution is -2.36. The van der Waals surface area contributed by atoms with Gasteiger partial charge < -0.3 is 15.6 Å². The van der Waals surface area contributed by atoms with Gasteiger partial charge in [-0.05, 0) is 72.6 Å². The minimum absolute atomic E-state index is 0.0717. The third-order valence-electron chi connectivity index (χ3n) is 5.39. The highest BCUT2D eigenvalue weighted by Gasteiger charge is 2.27. The summed E-state index contributed by atoms with van der Waals surface area (Å²) in [6.07, 6.45) is 5.05. The van der Waals surface area contributed by atoms with Crippen LogP contribution in [0.5, 0.6) is 5.75 Å². The van der Waals surface area contributed by atoms with Crippen molar-refractivity contribution in [1.82, 2.24) is 0 Å². The third-order valence-corrected chi connectivity index (χ3v) is 5.39. The highest BCUT2D eigenvalue weighted by molar-refractivity contribution is 5.84. The van der Waals surface area contributed by atoms with E-state index in [-0.39, 0.29) is 6.61 Å². The number of ether oxygens (including phenoxy) is 1. The van der Waals surface area contributed by atoms with Crippen LogP contribution in [0.3, 0.4) is 0 Å². The van der Waals surface area contributed by atoms with E-state index in [9.17, 15) is 5.11 Å². The molecule has 0 heterocycles. The van der Waals surface area contributed by atoms with Crippen molar-refractivity contribution >= 4 is 10.8 Å². The first-order valence-corrected chi connectivity index (χ1v) is 8.90. The molecule has 0 radical (unpaired) electrons. The van der Waals surface area contributed by atoms with Crippen LogP contribution in [0.25, 0.3) is 10.8 Å². The van der Waals surface area contributed by atoms with Crippen molar-refractivity contribution in [3.8, 4) is 5.75 Å². The van der Waals surface area contributed by atoms with Crippen molar-refractivity contribution in [3.63, 3.8) is 0 Å². The largest absolute Gasteiger partial charge is 0.490 e. The molecule has 3 nitrogen and oxygen atoms in total. The number of rotatable bonds is 4. The van der Waals surface area contributed by atoms with Crippen LogP contribution in [-0.4, -0.2) is 17.8 Å². The summed E-state index contributed by atoms with van der Waals surface area (Å²) in [4.78, 5) is 0. The Morgan fingerprint density at radius 3 is 2.42 bits per heavy atom. The number of aliphatic hydroxyl groups excluding tert-OH is 1. The smallest absolute Gasteiger partial charge is 0.120 e. The Labute approximate surface area is 144 Å². The van der Waals surface area contributed by atoms with E-state index in [1.807, 2.05) is 19.1 Å². The maximum absolute atomic E-state index is 9.44. The summed E-state index contributed by atoms with van der Waals surface area (Å²) < 4.78 is 6.21. The van der Waals surface area contributed by atoms with E-state index in [0.29, 0.717) is 11.5 Å². The van der Waals surface area contributed by atoms with E-state index in [1.54, 1.807) is 0 Å². The van der Waals surface area contributed by atoms with Crippen molar-refractivity contribution in [3.05, 3.63) is 42.0 Å². The van der Waals surface area contributed by atoms with Crippen molar-refractivity contribution in [2.24, 2.45) is 11.1 Å². The van der Waals surface area contributed by atoms with Crippen LogP contribution in [0.2, 0.25) is 0 Å². The maximum atomic E-state index is 9.44. The Balaban J connectivity index is 1.76. The van der Waals surface area contributed by atoms with Gasteiger partial charge in [-0.2, -0.15) is 0 Å². The minimum Gasteiger partial charge on any atom is -0.490 e. The number of fused-ring (bicyclic) bond motifs is 1. The van der Waals surface area contributed by atoms with Crippen LogP contribution < -0.4 is 10.5 Å². The Morgan fingerprint density at radius 1 is 1.12 bits per heavy atom. The van der Waals surface area contributed by atoms with Gasteiger partial charge in [0, 0.05) is 0 Å². The highest BCUT2D eigenvalue weighted by atomic mass is 16.5. The average molecular weight is 327 g/mol. The first kappa shape index (κ1) is 17.2. The van der Waals surface area contributed by atoms with Crippen LogP contribution in [0.4, 0.5) is 0 Å². The quantitative estimate of drug-likeness (QED) is 0.877. The van der Waals surface area contributed by atoms with E-state index in [4.69, 9.17) is 10.5 Å². The molecule has 0 aromatic heterocycles. The monoisotopic (exact) mass is 327 g/mol. The summed E-state index contributed by atoms with van der Waals surface area (Å²) >= 11 is 0. The number of hydrogen-bond acceptors (Lipinski definition) is 3. The molecule has 1 atom stereocenters.